The van der Waals surface area contributed by atoms with Gasteiger partial charge in [0.25, 0.3) is 0 Å². The van der Waals surface area contributed by atoms with Crippen LogP contribution in [0.1, 0.15) is 25.7 Å². The number of ether oxygens (including phenoxy) is 2. The molecule has 0 saturated heterocycles. The summed E-state index contributed by atoms with van der Waals surface area (Å²) in [7, 11) is 0. The molecule has 1 aliphatic heterocycles. The number of rotatable bonds is 5. The molecular formula is C23H22FN5O2. The molecule has 2 aromatic carbocycles. The molecule has 2 aliphatic rings. The number of benzene rings is 2. The largest absolute Gasteiger partial charge is 0.493 e. The lowest BCUT2D eigenvalue weighted by Crippen LogP contribution is -2.09. The Morgan fingerprint density at radius 1 is 1.19 bits per heavy atom. The molecule has 6 rings (SSSR count). The number of imidazole rings is 1. The maximum absolute atomic E-state index is 14.9. The van der Waals surface area contributed by atoms with E-state index in [1.54, 1.807) is 6.07 Å². The summed E-state index contributed by atoms with van der Waals surface area (Å²) in [5, 5.41) is 6.51. The Kier molecular flexibility index (Phi) is 4.36. The zero-order valence-corrected chi connectivity index (χ0v) is 17.0. The summed E-state index contributed by atoms with van der Waals surface area (Å²) in [6.07, 6.45) is 5.76. The van der Waals surface area contributed by atoms with Crippen LogP contribution in [0.3, 0.4) is 0 Å². The summed E-state index contributed by atoms with van der Waals surface area (Å²) < 4.78 is 29.1. The molecule has 0 amide bonds. The van der Waals surface area contributed by atoms with Crippen molar-refractivity contribution in [2.24, 2.45) is 5.92 Å². The van der Waals surface area contributed by atoms with Crippen LogP contribution >= 0.6 is 0 Å². The molecule has 7 nitrogen and oxygen atoms in total. The highest BCUT2D eigenvalue weighted by Crippen LogP contribution is 2.38. The Morgan fingerprint density at radius 2 is 2.13 bits per heavy atom. The molecule has 0 atom stereocenters. The summed E-state index contributed by atoms with van der Waals surface area (Å²) in [4.78, 5) is 8.92. The average Bonchev–Trinajstić information content (AvgIpc) is 3.28. The van der Waals surface area contributed by atoms with Crippen LogP contribution in [0, 0.1) is 11.7 Å². The van der Waals surface area contributed by atoms with Gasteiger partial charge in [0, 0.05) is 24.2 Å². The van der Waals surface area contributed by atoms with Crippen molar-refractivity contribution in [3.63, 3.8) is 0 Å². The van der Waals surface area contributed by atoms with Gasteiger partial charge in [-0.2, -0.15) is 5.10 Å². The fourth-order valence-corrected chi connectivity index (χ4v) is 4.07. The fraction of sp³-hybridized carbons (Fsp3) is 0.348. The van der Waals surface area contributed by atoms with Crippen LogP contribution < -0.4 is 9.47 Å². The van der Waals surface area contributed by atoms with Gasteiger partial charge in [-0.25, -0.2) is 14.4 Å². The number of hydrogen-bond acceptors (Lipinski definition) is 5. The van der Waals surface area contributed by atoms with Crippen molar-refractivity contribution >= 4 is 11.0 Å². The topological polar surface area (TPSA) is 77.8 Å². The number of H-pyrrole nitrogens is 1. The maximum Gasteiger partial charge on any atom is 0.158 e. The molecular weight excluding hydrogens is 397 g/mol. The molecule has 1 saturated carbocycles. The summed E-state index contributed by atoms with van der Waals surface area (Å²) in [6.45, 7) is 2.20. The van der Waals surface area contributed by atoms with Gasteiger partial charge in [0.05, 0.1) is 24.3 Å². The second-order valence-electron chi connectivity index (χ2n) is 8.21. The summed E-state index contributed by atoms with van der Waals surface area (Å²) in [6, 6.07) is 9.02. The number of aromatic nitrogens is 5. The predicted molar refractivity (Wildman–Crippen MR) is 113 cm³/mol. The van der Waals surface area contributed by atoms with Crippen molar-refractivity contribution in [1.82, 2.24) is 24.7 Å². The molecule has 31 heavy (non-hydrogen) atoms. The lowest BCUT2D eigenvalue weighted by molar-refractivity contribution is 0.285. The number of halogens is 1. The molecule has 0 spiro atoms. The number of nitrogens with zero attached hydrogens (tertiary/aromatic N) is 4. The van der Waals surface area contributed by atoms with E-state index >= 15 is 0 Å². The second kappa shape index (κ2) is 7.37. The van der Waals surface area contributed by atoms with Gasteiger partial charge in [-0.3, -0.25) is 5.10 Å². The highest BCUT2D eigenvalue weighted by atomic mass is 19.1. The zero-order valence-electron chi connectivity index (χ0n) is 17.0. The van der Waals surface area contributed by atoms with Gasteiger partial charge < -0.3 is 14.0 Å². The van der Waals surface area contributed by atoms with Crippen LogP contribution in [0.25, 0.3) is 33.8 Å². The standard InChI is InChI=1S/C23H22FN5O2/c24-18-9-15(5-6-17(18)22-25-13-26-28-22)23-27-19-10-16(31-12-14-3-4-14)11-20-21(19)29(23)7-1-2-8-30-20/h5-6,9-11,13-14H,1-4,7-8,12H2,(H,25,26,28). The van der Waals surface area contributed by atoms with E-state index in [1.807, 2.05) is 18.2 Å². The van der Waals surface area contributed by atoms with Gasteiger partial charge in [-0.05, 0) is 43.7 Å². The van der Waals surface area contributed by atoms with Gasteiger partial charge in [0.2, 0.25) is 0 Å². The van der Waals surface area contributed by atoms with E-state index in [1.165, 1.54) is 25.2 Å². The number of hydrogen-bond donors (Lipinski definition) is 1. The van der Waals surface area contributed by atoms with Crippen molar-refractivity contribution < 1.29 is 13.9 Å². The Bertz CT molecular complexity index is 1250. The van der Waals surface area contributed by atoms with E-state index in [-0.39, 0.29) is 5.82 Å². The molecule has 8 heteroatoms. The van der Waals surface area contributed by atoms with E-state index in [2.05, 4.69) is 19.7 Å². The molecule has 4 aromatic rings. The number of nitrogens with one attached hydrogen (secondary N) is 1. The molecule has 0 radical (unpaired) electrons. The molecule has 1 N–H and O–H groups in total. The summed E-state index contributed by atoms with van der Waals surface area (Å²) in [5.41, 5.74) is 2.84. The van der Waals surface area contributed by atoms with Gasteiger partial charge in [-0.1, -0.05) is 6.07 Å². The van der Waals surface area contributed by atoms with Crippen molar-refractivity contribution in [3.8, 4) is 34.3 Å². The third kappa shape index (κ3) is 3.41. The minimum atomic E-state index is -0.370. The Hall–Kier alpha value is -3.42. The first-order chi connectivity index (χ1) is 15.3. The van der Waals surface area contributed by atoms with E-state index in [0.29, 0.717) is 29.5 Å². The van der Waals surface area contributed by atoms with Crippen LogP contribution in [0.2, 0.25) is 0 Å². The molecule has 1 fully saturated rings. The third-order valence-corrected chi connectivity index (χ3v) is 5.89. The first-order valence-corrected chi connectivity index (χ1v) is 10.7. The average molecular weight is 419 g/mol. The molecule has 1 aliphatic carbocycles. The van der Waals surface area contributed by atoms with Crippen molar-refractivity contribution in [1.29, 1.82) is 0 Å². The molecule has 3 heterocycles. The summed E-state index contributed by atoms with van der Waals surface area (Å²) >= 11 is 0. The smallest absolute Gasteiger partial charge is 0.158 e. The molecule has 2 aromatic heterocycles. The molecule has 158 valence electrons. The van der Waals surface area contributed by atoms with Gasteiger partial charge in [-0.15, -0.1) is 0 Å². The van der Waals surface area contributed by atoms with E-state index in [4.69, 9.17) is 14.5 Å². The number of aryl methyl sites for hydroxylation is 1. The van der Waals surface area contributed by atoms with Crippen molar-refractivity contribution in [2.45, 2.75) is 32.2 Å². The first-order valence-electron chi connectivity index (χ1n) is 10.7. The normalized spacial score (nSPS) is 16.0. The second-order valence-corrected chi connectivity index (χ2v) is 8.21. The van der Waals surface area contributed by atoms with Gasteiger partial charge >= 0.3 is 0 Å². The van der Waals surface area contributed by atoms with Crippen LogP contribution in [0.4, 0.5) is 4.39 Å². The lowest BCUT2D eigenvalue weighted by Gasteiger charge is -2.17. The Balaban J connectivity index is 1.45. The van der Waals surface area contributed by atoms with Gasteiger partial charge in [0.1, 0.15) is 35.0 Å². The fourth-order valence-electron chi connectivity index (χ4n) is 4.07. The SMILES string of the molecule is Fc1cc(-c2nc3cc(OCC4CC4)cc4c3n2CCCCO4)ccc1-c1ncn[nH]1. The van der Waals surface area contributed by atoms with Crippen LogP contribution in [-0.2, 0) is 6.54 Å². The van der Waals surface area contributed by atoms with Gasteiger partial charge in [0.15, 0.2) is 5.82 Å². The van der Waals surface area contributed by atoms with E-state index < -0.39 is 0 Å². The van der Waals surface area contributed by atoms with Crippen molar-refractivity contribution in [2.75, 3.05) is 13.2 Å². The third-order valence-electron chi connectivity index (χ3n) is 5.89. The highest BCUT2D eigenvalue weighted by molar-refractivity contribution is 5.88. The van der Waals surface area contributed by atoms with Crippen LogP contribution in [-0.4, -0.2) is 37.9 Å². The predicted octanol–water partition coefficient (Wildman–Crippen LogP) is 4.59. The summed E-state index contributed by atoms with van der Waals surface area (Å²) in [5.74, 6) is 2.98. The van der Waals surface area contributed by atoms with Crippen LogP contribution in [0.15, 0.2) is 36.7 Å². The monoisotopic (exact) mass is 419 g/mol. The minimum Gasteiger partial charge on any atom is -0.493 e. The Morgan fingerprint density at radius 3 is 2.94 bits per heavy atom. The quantitative estimate of drug-likeness (QED) is 0.512. The maximum atomic E-state index is 14.9. The van der Waals surface area contributed by atoms with E-state index in [0.717, 1.165) is 54.4 Å². The molecule has 0 unspecified atom stereocenters. The van der Waals surface area contributed by atoms with Crippen molar-refractivity contribution in [3.05, 3.63) is 42.5 Å². The highest BCUT2D eigenvalue weighted by Gasteiger charge is 2.24. The zero-order chi connectivity index (χ0) is 20.8. The van der Waals surface area contributed by atoms with Crippen LogP contribution in [0.5, 0.6) is 11.5 Å². The Labute approximate surface area is 178 Å². The van der Waals surface area contributed by atoms with E-state index in [9.17, 15) is 4.39 Å². The first kappa shape index (κ1) is 18.4. The molecule has 0 bridgehead atoms. The minimum absolute atomic E-state index is 0.370. The lowest BCUT2D eigenvalue weighted by atomic mass is 10.1. The number of aromatic amines is 1.